The molecule has 2 heterocycles. The van der Waals surface area contributed by atoms with Crippen LogP contribution in [0.1, 0.15) is 35.4 Å². The number of hydrazone groups is 1. The quantitative estimate of drug-likeness (QED) is 0.465. The minimum atomic E-state index is -0.266. The van der Waals surface area contributed by atoms with Crippen LogP contribution in [-0.2, 0) is 0 Å². The molecule has 0 spiro atoms. The van der Waals surface area contributed by atoms with Crippen LogP contribution in [0.15, 0.2) is 82.4 Å². The van der Waals surface area contributed by atoms with Gasteiger partial charge in [0, 0.05) is 27.0 Å². The summed E-state index contributed by atoms with van der Waals surface area (Å²) in [6, 6.07) is 24.5. The van der Waals surface area contributed by atoms with Crippen molar-refractivity contribution in [2.45, 2.75) is 18.7 Å². The first-order valence-electron chi connectivity index (χ1n) is 8.82. The van der Waals surface area contributed by atoms with Crippen LogP contribution in [0.2, 0.25) is 5.02 Å². The first kappa shape index (κ1) is 16.8. The number of rotatable bonds is 2. The highest BCUT2D eigenvalue weighted by Crippen LogP contribution is 2.48. The van der Waals surface area contributed by atoms with Gasteiger partial charge in [0.15, 0.2) is 0 Å². The molecule has 0 unspecified atom stereocenters. The minimum Gasteiger partial charge on any atom is -0.464 e. The van der Waals surface area contributed by atoms with Crippen molar-refractivity contribution in [1.29, 1.82) is 0 Å². The van der Waals surface area contributed by atoms with Gasteiger partial charge in [-0.2, -0.15) is 5.10 Å². The van der Waals surface area contributed by atoms with Crippen molar-refractivity contribution >= 4 is 33.2 Å². The van der Waals surface area contributed by atoms with Crippen molar-refractivity contribution in [2.24, 2.45) is 5.10 Å². The molecule has 0 aromatic heterocycles. The molecule has 0 fully saturated rings. The topological polar surface area (TPSA) is 24.8 Å². The molecule has 2 atom stereocenters. The Bertz CT molecular complexity index is 1020. The molecule has 0 saturated heterocycles. The molecule has 5 heteroatoms. The maximum atomic E-state index is 6.36. The lowest BCUT2D eigenvalue weighted by atomic mass is 9.96. The third-order valence-electron chi connectivity index (χ3n) is 5.01. The number of hydrogen-bond donors (Lipinski definition) is 0. The van der Waals surface area contributed by atoms with Crippen molar-refractivity contribution in [3.8, 4) is 5.75 Å². The van der Waals surface area contributed by atoms with Gasteiger partial charge in [-0.1, -0.05) is 70.0 Å². The molecule has 0 saturated carbocycles. The Morgan fingerprint density at radius 2 is 1.78 bits per heavy atom. The number of benzene rings is 3. The van der Waals surface area contributed by atoms with Gasteiger partial charge in [0.25, 0.3) is 0 Å². The maximum Gasteiger partial charge on any atom is 0.213 e. The van der Waals surface area contributed by atoms with Crippen LogP contribution in [-0.4, -0.2) is 10.7 Å². The summed E-state index contributed by atoms with van der Waals surface area (Å²) in [5, 5.41) is 7.75. The second-order valence-electron chi connectivity index (χ2n) is 6.72. The molecule has 2 aliphatic rings. The summed E-state index contributed by atoms with van der Waals surface area (Å²) in [4.78, 5) is 0. The number of fused-ring (bicyclic) bond motifs is 3. The zero-order valence-electron chi connectivity index (χ0n) is 14.3. The van der Waals surface area contributed by atoms with Gasteiger partial charge in [0.1, 0.15) is 5.75 Å². The maximum absolute atomic E-state index is 6.36. The number of halogens is 2. The predicted molar refractivity (Wildman–Crippen MR) is 111 cm³/mol. The molecule has 0 amide bonds. The molecule has 3 aromatic carbocycles. The number of hydrogen-bond acceptors (Lipinski definition) is 3. The third-order valence-corrected chi connectivity index (χ3v) is 5.78. The van der Waals surface area contributed by atoms with Crippen LogP contribution in [0, 0.1) is 0 Å². The smallest absolute Gasteiger partial charge is 0.213 e. The monoisotopic (exact) mass is 438 g/mol. The van der Waals surface area contributed by atoms with E-state index in [1.807, 2.05) is 48.5 Å². The Morgan fingerprint density at radius 1 is 1.00 bits per heavy atom. The van der Waals surface area contributed by atoms with E-state index in [-0.39, 0.29) is 12.3 Å². The summed E-state index contributed by atoms with van der Waals surface area (Å²) in [5.74, 6) is 0.873. The molecular weight excluding hydrogens is 424 g/mol. The molecule has 5 rings (SSSR count). The van der Waals surface area contributed by atoms with Crippen LogP contribution in [0.4, 0.5) is 0 Å². The fraction of sp³-hybridized carbons (Fsp3) is 0.136. The fourth-order valence-corrected chi connectivity index (χ4v) is 4.16. The Labute approximate surface area is 171 Å². The highest BCUT2D eigenvalue weighted by atomic mass is 79.9. The zero-order chi connectivity index (χ0) is 18.4. The standard InChI is InChI=1S/C22H16BrClN2O/c23-16-8-6-15(7-9-16)22-26-20(18-12-17(24)10-11-21(18)27-22)13-19(25-26)14-4-2-1-3-5-14/h1-12,20,22H,13H2/t20-,22-/m1/s1. The fourth-order valence-electron chi connectivity index (χ4n) is 3.71. The van der Waals surface area contributed by atoms with Gasteiger partial charge in [-0.15, -0.1) is 0 Å². The van der Waals surface area contributed by atoms with Crippen LogP contribution < -0.4 is 4.74 Å². The summed E-state index contributed by atoms with van der Waals surface area (Å²) in [6.45, 7) is 0. The molecule has 3 nitrogen and oxygen atoms in total. The van der Waals surface area contributed by atoms with E-state index in [1.165, 1.54) is 0 Å². The average Bonchev–Trinajstić information content (AvgIpc) is 3.15. The Hall–Kier alpha value is -2.30. The Kier molecular flexibility index (Phi) is 4.18. The molecule has 0 radical (unpaired) electrons. The molecule has 134 valence electrons. The van der Waals surface area contributed by atoms with Gasteiger partial charge in [0.2, 0.25) is 6.23 Å². The van der Waals surface area contributed by atoms with E-state index in [0.717, 1.165) is 39.0 Å². The first-order valence-corrected chi connectivity index (χ1v) is 9.99. The van der Waals surface area contributed by atoms with E-state index in [0.29, 0.717) is 5.02 Å². The lowest BCUT2D eigenvalue weighted by Crippen LogP contribution is -2.33. The van der Waals surface area contributed by atoms with E-state index in [2.05, 4.69) is 45.2 Å². The van der Waals surface area contributed by atoms with Crippen molar-refractivity contribution in [3.63, 3.8) is 0 Å². The van der Waals surface area contributed by atoms with Crippen molar-refractivity contribution in [3.05, 3.63) is 99.0 Å². The summed E-state index contributed by atoms with van der Waals surface area (Å²) < 4.78 is 7.40. The van der Waals surface area contributed by atoms with Gasteiger partial charge < -0.3 is 4.74 Å². The second-order valence-corrected chi connectivity index (χ2v) is 8.07. The van der Waals surface area contributed by atoms with Crippen LogP contribution in [0.3, 0.4) is 0 Å². The number of ether oxygens (including phenoxy) is 1. The Balaban J connectivity index is 1.61. The highest BCUT2D eigenvalue weighted by molar-refractivity contribution is 9.10. The number of nitrogens with zero attached hydrogens (tertiary/aromatic N) is 2. The SMILES string of the molecule is Clc1ccc2c(c1)[C@H]1CC(c3ccccc3)=NN1[C@@H](c1ccc(Br)cc1)O2. The van der Waals surface area contributed by atoms with E-state index in [9.17, 15) is 0 Å². The van der Waals surface area contributed by atoms with Crippen molar-refractivity contribution in [2.75, 3.05) is 0 Å². The molecule has 0 N–H and O–H groups in total. The van der Waals surface area contributed by atoms with E-state index in [4.69, 9.17) is 21.4 Å². The minimum absolute atomic E-state index is 0.108. The molecule has 27 heavy (non-hydrogen) atoms. The van der Waals surface area contributed by atoms with Gasteiger partial charge in [0.05, 0.1) is 11.8 Å². The zero-order valence-corrected chi connectivity index (χ0v) is 16.7. The summed E-state index contributed by atoms with van der Waals surface area (Å²) >= 11 is 9.78. The van der Waals surface area contributed by atoms with Crippen LogP contribution in [0.5, 0.6) is 5.75 Å². The van der Waals surface area contributed by atoms with E-state index < -0.39 is 0 Å². The lowest BCUT2D eigenvalue weighted by molar-refractivity contribution is -0.0190. The molecule has 2 aliphatic heterocycles. The van der Waals surface area contributed by atoms with E-state index >= 15 is 0 Å². The Morgan fingerprint density at radius 3 is 2.56 bits per heavy atom. The molecule has 0 aliphatic carbocycles. The average molecular weight is 440 g/mol. The van der Waals surface area contributed by atoms with Gasteiger partial charge >= 0.3 is 0 Å². The third kappa shape index (κ3) is 3.03. The van der Waals surface area contributed by atoms with Crippen molar-refractivity contribution in [1.82, 2.24) is 5.01 Å². The second kappa shape index (κ2) is 6.70. The molecule has 3 aromatic rings. The summed E-state index contributed by atoms with van der Waals surface area (Å²) in [6.07, 6.45) is 0.561. The predicted octanol–water partition coefficient (Wildman–Crippen LogP) is 6.34. The van der Waals surface area contributed by atoms with Crippen LogP contribution >= 0.6 is 27.5 Å². The molecule has 0 bridgehead atoms. The summed E-state index contributed by atoms with van der Waals surface area (Å²) in [7, 11) is 0. The largest absolute Gasteiger partial charge is 0.464 e. The lowest BCUT2D eigenvalue weighted by Gasteiger charge is -2.38. The van der Waals surface area contributed by atoms with Gasteiger partial charge in [-0.3, -0.25) is 0 Å². The summed E-state index contributed by atoms with van der Waals surface area (Å²) in [5.41, 5.74) is 4.37. The van der Waals surface area contributed by atoms with Crippen LogP contribution in [0.25, 0.3) is 0 Å². The first-order chi connectivity index (χ1) is 13.2. The van der Waals surface area contributed by atoms with E-state index in [1.54, 1.807) is 0 Å². The van der Waals surface area contributed by atoms with Gasteiger partial charge in [-0.25, -0.2) is 5.01 Å². The normalized spacial score (nSPS) is 20.5. The van der Waals surface area contributed by atoms with Crippen molar-refractivity contribution < 1.29 is 4.74 Å². The highest BCUT2D eigenvalue weighted by Gasteiger charge is 2.41. The molecular formula is C22H16BrClN2O. The van der Waals surface area contributed by atoms with Gasteiger partial charge in [-0.05, 0) is 35.9 Å².